The highest BCUT2D eigenvalue weighted by Gasteiger charge is 2.30. The molecular formula is C20H29N3O4. The Bertz CT molecular complexity index is 661. The average molecular weight is 375 g/mol. The van der Waals surface area contributed by atoms with E-state index in [1.54, 1.807) is 0 Å². The fraction of sp³-hybridized carbons (Fsp3) is 0.650. The van der Waals surface area contributed by atoms with Gasteiger partial charge in [-0.3, -0.25) is 9.80 Å². The molecule has 148 valence electrons. The Hall–Kier alpha value is -1.99. The van der Waals surface area contributed by atoms with Gasteiger partial charge in [0.2, 0.25) is 6.79 Å². The van der Waals surface area contributed by atoms with Crippen molar-refractivity contribution in [3.63, 3.8) is 0 Å². The molecule has 4 rings (SSSR count). The quantitative estimate of drug-likeness (QED) is 0.804. The van der Waals surface area contributed by atoms with Crippen LogP contribution in [0.1, 0.15) is 25.3 Å². The highest BCUT2D eigenvalue weighted by atomic mass is 16.7. The van der Waals surface area contributed by atoms with E-state index < -0.39 is 0 Å². The molecule has 1 amide bonds. The molecule has 27 heavy (non-hydrogen) atoms. The number of benzene rings is 1. The van der Waals surface area contributed by atoms with Gasteiger partial charge in [0.15, 0.2) is 11.5 Å². The van der Waals surface area contributed by atoms with Crippen molar-refractivity contribution in [3.8, 4) is 11.5 Å². The zero-order chi connectivity index (χ0) is 18.6. The van der Waals surface area contributed by atoms with Crippen molar-refractivity contribution in [2.75, 3.05) is 52.7 Å². The van der Waals surface area contributed by atoms with Crippen LogP contribution in [0.3, 0.4) is 0 Å². The van der Waals surface area contributed by atoms with Crippen molar-refractivity contribution in [3.05, 3.63) is 23.8 Å². The second kappa shape index (κ2) is 8.35. The lowest BCUT2D eigenvalue weighted by Gasteiger charge is -2.43. The molecule has 2 fully saturated rings. The molecule has 0 radical (unpaired) electrons. The third-order valence-electron chi connectivity index (χ3n) is 5.71. The Balaban J connectivity index is 1.31. The van der Waals surface area contributed by atoms with E-state index in [4.69, 9.17) is 14.2 Å². The fourth-order valence-corrected chi connectivity index (χ4v) is 4.31. The minimum atomic E-state index is -0.178. The zero-order valence-corrected chi connectivity index (χ0v) is 16.1. The van der Waals surface area contributed by atoms with Gasteiger partial charge in [0.05, 0.1) is 6.61 Å². The molecule has 0 saturated carbocycles. The van der Waals surface area contributed by atoms with Crippen LogP contribution >= 0.6 is 0 Å². The fourth-order valence-electron chi connectivity index (χ4n) is 4.31. The highest BCUT2D eigenvalue weighted by Crippen LogP contribution is 2.36. The lowest BCUT2D eigenvalue weighted by Crippen LogP contribution is -2.55. The molecule has 1 aromatic rings. The Morgan fingerprint density at radius 3 is 2.85 bits per heavy atom. The number of rotatable bonds is 4. The largest absolute Gasteiger partial charge is 0.454 e. The molecule has 1 atom stereocenters. The molecule has 3 aliphatic heterocycles. The maximum atomic E-state index is 11.9. The van der Waals surface area contributed by atoms with Gasteiger partial charge < -0.3 is 19.1 Å². The Morgan fingerprint density at radius 1 is 1.19 bits per heavy atom. The van der Waals surface area contributed by atoms with Crippen LogP contribution in [0.5, 0.6) is 11.5 Å². The number of fused-ring (bicyclic) bond motifs is 1. The van der Waals surface area contributed by atoms with Gasteiger partial charge in [-0.2, -0.15) is 0 Å². The molecule has 3 heterocycles. The first kappa shape index (κ1) is 18.4. The predicted octanol–water partition coefficient (Wildman–Crippen LogP) is 2.15. The number of nitrogens with zero attached hydrogens (tertiary/aromatic N) is 3. The van der Waals surface area contributed by atoms with E-state index in [2.05, 4.69) is 15.9 Å². The number of hydrogen-bond donors (Lipinski definition) is 0. The van der Waals surface area contributed by atoms with Crippen molar-refractivity contribution in [2.45, 2.75) is 32.4 Å². The van der Waals surface area contributed by atoms with Gasteiger partial charge >= 0.3 is 6.09 Å². The Morgan fingerprint density at radius 2 is 2.04 bits per heavy atom. The SMILES string of the molecule is CCOC(=O)N1CCN([C@H]2CCCN(Cc3cccc4c3OCO4)C2)CC1. The normalized spacial score (nSPS) is 23.4. The summed E-state index contributed by atoms with van der Waals surface area (Å²) >= 11 is 0. The maximum absolute atomic E-state index is 11.9. The summed E-state index contributed by atoms with van der Waals surface area (Å²) in [6.45, 7) is 9.04. The molecule has 1 aromatic carbocycles. The summed E-state index contributed by atoms with van der Waals surface area (Å²) in [4.78, 5) is 18.8. The van der Waals surface area contributed by atoms with Gasteiger partial charge in [-0.15, -0.1) is 0 Å². The average Bonchev–Trinajstić information content (AvgIpc) is 3.18. The van der Waals surface area contributed by atoms with E-state index in [1.807, 2.05) is 24.0 Å². The number of piperazine rings is 1. The van der Waals surface area contributed by atoms with Gasteiger partial charge in [-0.25, -0.2) is 4.79 Å². The first-order chi connectivity index (χ1) is 13.2. The van der Waals surface area contributed by atoms with Crippen molar-refractivity contribution < 1.29 is 19.0 Å². The number of hydrogen-bond acceptors (Lipinski definition) is 6. The molecule has 0 bridgehead atoms. The third kappa shape index (κ3) is 4.14. The van der Waals surface area contributed by atoms with Crippen LogP contribution in [0.2, 0.25) is 0 Å². The number of para-hydroxylation sites is 1. The van der Waals surface area contributed by atoms with E-state index in [0.29, 0.717) is 19.4 Å². The van der Waals surface area contributed by atoms with E-state index in [-0.39, 0.29) is 6.09 Å². The summed E-state index contributed by atoms with van der Waals surface area (Å²) in [5, 5.41) is 0. The third-order valence-corrected chi connectivity index (χ3v) is 5.71. The van der Waals surface area contributed by atoms with Gasteiger partial charge in [0, 0.05) is 50.9 Å². The summed E-state index contributed by atoms with van der Waals surface area (Å²) in [5.74, 6) is 1.76. The Kier molecular flexibility index (Phi) is 5.69. The first-order valence-electron chi connectivity index (χ1n) is 10.00. The van der Waals surface area contributed by atoms with Crippen molar-refractivity contribution in [1.82, 2.24) is 14.7 Å². The van der Waals surface area contributed by atoms with Crippen molar-refractivity contribution in [1.29, 1.82) is 0 Å². The van der Waals surface area contributed by atoms with E-state index in [1.165, 1.54) is 18.4 Å². The summed E-state index contributed by atoms with van der Waals surface area (Å²) in [6.07, 6.45) is 2.25. The number of likely N-dealkylation sites (tertiary alicyclic amines) is 1. The van der Waals surface area contributed by atoms with Gasteiger partial charge in [-0.05, 0) is 32.4 Å². The van der Waals surface area contributed by atoms with E-state index in [0.717, 1.165) is 57.3 Å². The molecule has 7 nitrogen and oxygen atoms in total. The topological polar surface area (TPSA) is 54.5 Å². The number of carbonyl (C=O) groups excluding carboxylic acids is 1. The number of ether oxygens (including phenoxy) is 3. The second-order valence-corrected chi connectivity index (χ2v) is 7.40. The lowest BCUT2D eigenvalue weighted by molar-refractivity contribution is 0.0411. The van der Waals surface area contributed by atoms with Crippen LogP contribution in [0.15, 0.2) is 18.2 Å². The second-order valence-electron chi connectivity index (χ2n) is 7.40. The van der Waals surface area contributed by atoms with Gasteiger partial charge in [0.25, 0.3) is 0 Å². The Labute approximate surface area is 160 Å². The smallest absolute Gasteiger partial charge is 0.409 e. The highest BCUT2D eigenvalue weighted by molar-refractivity contribution is 5.67. The molecule has 0 aliphatic carbocycles. The summed E-state index contributed by atoms with van der Waals surface area (Å²) in [5.41, 5.74) is 1.21. The number of carbonyl (C=O) groups is 1. The molecule has 0 unspecified atom stereocenters. The monoisotopic (exact) mass is 375 g/mol. The van der Waals surface area contributed by atoms with E-state index >= 15 is 0 Å². The van der Waals surface area contributed by atoms with Gasteiger partial charge in [-0.1, -0.05) is 12.1 Å². The van der Waals surface area contributed by atoms with Gasteiger partial charge in [0.1, 0.15) is 0 Å². The van der Waals surface area contributed by atoms with Crippen molar-refractivity contribution in [2.24, 2.45) is 0 Å². The number of amides is 1. The summed E-state index contributed by atoms with van der Waals surface area (Å²) in [7, 11) is 0. The van der Waals surface area contributed by atoms with Crippen molar-refractivity contribution >= 4 is 6.09 Å². The maximum Gasteiger partial charge on any atom is 0.409 e. The molecular weight excluding hydrogens is 346 g/mol. The molecule has 3 aliphatic rings. The zero-order valence-electron chi connectivity index (χ0n) is 16.1. The molecule has 2 saturated heterocycles. The van der Waals surface area contributed by atoms with Crippen LogP contribution in [-0.2, 0) is 11.3 Å². The first-order valence-corrected chi connectivity index (χ1v) is 10.00. The minimum Gasteiger partial charge on any atom is -0.454 e. The molecule has 0 aromatic heterocycles. The van der Waals surface area contributed by atoms with Crippen LogP contribution in [0.4, 0.5) is 4.79 Å². The summed E-state index contributed by atoms with van der Waals surface area (Å²) in [6, 6.07) is 6.69. The number of piperidine rings is 1. The summed E-state index contributed by atoms with van der Waals surface area (Å²) < 4.78 is 16.3. The van der Waals surface area contributed by atoms with Crippen LogP contribution < -0.4 is 9.47 Å². The van der Waals surface area contributed by atoms with Crippen LogP contribution in [0.25, 0.3) is 0 Å². The minimum absolute atomic E-state index is 0.178. The standard InChI is InChI=1S/C20H29N3O4/c1-2-25-20(24)23-11-9-22(10-12-23)17-6-4-8-21(14-17)13-16-5-3-7-18-19(16)27-15-26-18/h3,5,7,17H,2,4,6,8-15H2,1H3/t17-/m0/s1. The molecule has 0 spiro atoms. The predicted molar refractivity (Wildman–Crippen MR) is 101 cm³/mol. The van der Waals surface area contributed by atoms with E-state index in [9.17, 15) is 4.79 Å². The van der Waals surface area contributed by atoms with Crippen LogP contribution in [-0.4, -0.2) is 79.5 Å². The van der Waals surface area contributed by atoms with Crippen LogP contribution in [0, 0.1) is 0 Å². The molecule has 7 heteroatoms. The molecule has 0 N–H and O–H groups in total. The lowest BCUT2D eigenvalue weighted by atomic mass is 10.0.